The van der Waals surface area contributed by atoms with Gasteiger partial charge in [0.2, 0.25) is 0 Å². The minimum absolute atomic E-state index is 0.0364. The van der Waals surface area contributed by atoms with E-state index in [9.17, 15) is 4.79 Å². The first-order valence-corrected chi connectivity index (χ1v) is 6.93. The van der Waals surface area contributed by atoms with Crippen molar-refractivity contribution in [2.45, 2.75) is 26.6 Å². The number of nitrogens with one attached hydrogen (secondary N) is 2. The van der Waals surface area contributed by atoms with Crippen molar-refractivity contribution in [1.29, 1.82) is 0 Å². The number of aryl methyl sites for hydroxylation is 1. The van der Waals surface area contributed by atoms with Gasteiger partial charge in [-0.15, -0.1) is 0 Å². The normalized spacial score (nSPS) is 17.1. The zero-order valence-electron chi connectivity index (χ0n) is 12.1. The Bertz CT molecular complexity index is 693. The molecule has 21 heavy (non-hydrogen) atoms. The molecule has 1 aliphatic rings. The highest BCUT2D eigenvalue weighted by Gasteiger charge is 2.28. The van der Waals surface area contributed by atoms with Crippen LogP contribution in [0, 0.1) is 13.8 Å². The highest BCUT2D eigenvalue weighted by Crippen LogP contribution is 2.29. The van der Waals surface area contributed by atoms with E-state index in [4.69, 9.17) is 5.11 Å². The summed E-state index contributed by atoms with van der Waals surface area (Å²) in [5, 5.41) is 19.8. The molecule has 1 aromatic heterocycles. The van der Waals surface area contributed by atoms with Gasteiger partial charge in [0.1, 0.15) is 6.17 Å². The molecule has 0 radical (unpaired) electrons. The molecule has 3 N–H and O–H groups in total. The molecule has 1 aromatic carbocycles. The zero-order chi connectivity index (χ0) is 15.0. The smallest absolute Gasteiger partial charge is 0.255 e. The molecule has 0 saturated carbocycles. The van der Waals surface area contributed by atoms with Crippen LogP contribution in [0.2, 0.25) is 0 Å². The summed E-state index contributed by atoms with van der Waals surface area (Å²) in [5.41, 5.74) is 4.20. The number of carbonyl (C=O) groups is 1. The number of rotatable bonds is 3. The van der Waals surface area contributed by atoms with Crippen molar-refractivity contribution in [3.8, 4) is 0 Å². The van der Waals surface area contributed by atoms with Crippen LogP contribution in [0.5, 0.6) is 0 Å². The standard InChI is InChI=1S/C15H18N4O2/c1-9-13(10(2)19(18-9)7-8-20)14-16-12-6-4-3-5-11(12)15(21)17-14/h3-6,14,16,20H,7-8H2,1-2H3,(H,17,21). The fourth-order valence-corrected chi connectivity index (χ4v) is 2.79. The van der Waals surface area contributed by atoms with E-state index in [0.29, 0.717) is 12.1 Å². The van der Waals surface area contributed by atoms with Crippen LogP contribution in [0.3, 0.4) is 0 Å². The Labute approximate surface area is 122 Å². The van der Waals surface area contributed by atoms with Gasteiger partial charge in [0.05, 0.1) is 24.4 Å². The number of benzene rings is 1. The summed E-state index contributed by atoms with van der Waals surface area (Å²) >= 11 is 0. The number of anilines is 1. The highest BCUT2D eigenvalue weighted by molar-refractivity contribution is 6.01. The maximum atomic E-state index is 12.2. The van der Waals surface area contributed by atoms with E-state index in [1.165, 1.54) is 0 Å². The summed E-state index contributed by atoms with van der Waals surface area (Å²) in [7, 11) is 0. The predicted octanol–water partition coefficient (Wildman–Crippen LogP) is 1.35. The van der Waals surface area contributed by atoms with E-state index >= 15 is 0 Å². The molecule has 6 nitrogen and oxygen atoms in total. The third-order valence-electron chi connectivity index (χ3n) is 3.78. The SMILES string of the molecule is Cc1nn(CCO)c(C)c1C1NC(=O)c2ccccc2N1. The Morgan fingerprint density at radius 1 is 1.29 bits per heavy atom. The average Bonchev–Trinajstić information content (AvgIpc) is 2.74. The number of aliphatic hydroxyl groups excluding tert-OH is 1. The summed E-state index contributed by atoms with van der Waals surface area (Å²) < 4.78 is 1.76. The van der Waals surface area contributed by atoms with Crippen LogP contribution in [0.4, 0.5) is 5.69 Å². The molecule has 3 rings (SSSR count). The summed E-state index contributed by atoms with van der Waals surface area (Å²) in [6, 6.07) is 7.43. The monoisotopic (exact) mass is 286 g/mol. The second-order valence-electron chi connectivity index (χ2n) is 5.13. The van der Waals surface area contributed by atoms with Gasteiger partial charge in [0.25, 0.3) is 5.91 Å². The van der Waals surface area contributed by atoms with Crippen LogP contribution in [0.1, 0.15) is 33.5 Å². The van der Waals surface area contributed by atoms with Crippen LogP contribution in [-0.4, -0.2) is 27.4 Å². The van der Waals surface area contributed by atoms with Crippen LogP contribution >= 0.6 is 0 Å². The number of aliphatic hydroxyl groups is 1. The number of para-hydroxylation sites is 1. The van der Waals surface area contributed by atoms with Gasteiger partial charge >= 0.3 is 0 Å². The Balaban J connectivity index is 1.98. The third-order valence-corrected chi connectivity index (χ3v) is 3.78. The van der Waals surface area contributed by atoms with E-state index in [2.05, 4.69) is 15.7 Å². The molecule has 0 fully saturated rings. The van der Waals surface area contributed by atoms with Crippen molar-refractivity contribution in [2.24, 2.45) is 0 Å². The van der Waals surface area contributed by atoms with Crippen molar-refractivity contribution < 1.29 is 9.90 Å². The van der Waals surface area contributed by atoms with E-state index in [1.54, 1.807) is 10.7 Å². The van der Waals surface area contributed by atoms with Gasteiger partial charge in [-0.05, 0) is 26.0 Å². The maximum absolute atomic E-state index is 12.2. The number of fused-ring (bicyclic) bond motifs is 1. The van der Waals surface area contributed by atoms with Crippen LogP contribution in [-0.2, 0) is 6.54 Å². The van der Waals surface area contributed by atoms with E-state index in [-0.39, 0.29) is 18.7 Å². The first kappa shape index (κ1) is 13.6. The van der Waals surface area contributed by atoms with Gasteiger partial charge in [-0.2, -0.15) is 5.10 Å². The molecule has 0 bridgehead atoms. The van der Waals surface area contributed by atoms with Crippen molar-refractivity contribution >= 4 is 11.6 Å². The van der Waals surface area contributed by atoms with E-state index < -0.39 is 0 Å². The quantitative estimate of drug-likeness (QED) is 0.795. The predicted molar refractivity (Wildman–Crippen MR) is 79.1 cm³/mol. The molecule has 0 aliphatic carbocycles. The lowest BCUT2D eigenvalue weighted by molar-refractivity contribution is 0.0935. The minimum atomic E-state index is -0.306. The number of amides is 1. The fourth-order valence-electron chi connectivity index (χ4n) is 2.79. The summed E-state index contributed by atoms with van der Waals surface area (Å²) in [4.78, 5) is 12.2. The fraction of sp³-hybridized carbons (Fsp3) is 0.333. The minimum Gasteiger partial charge on any atom is -0.394 e. The lowest BCUT2D eigenvalue weighted by Gasteiger charge is -2.28. The number of hydrogen-bond acceptors (Lipinski definition) is 4. The Morgan fingerprint density at radius 3 is 2.81 bits per heavy atom. The topological polar surface area (TPSA) is 79.2 Å². The molecular formula is C15H18N4O2. The Kier molecular flexibility index (Phi) is 3.39. The number of carbonyl (C=O) groups excluding carboxylic acids is 1. The van der Waals surface area contributed by atoms with Gasteiger partial charge in [0, 0.05) is 16.9 Å². The summed E-state index contributed by atoms with van der Waals surface area (Å²) in [5.74, 6) is -0.0944. The molecule has 110 valence electrons. The van der Waals surface area contributed by atoms with Gasteiger partial charge in [0.15, 0.2) is 0 Å². The van der Waals surface area contributed by atoms with Gasteiger partial charge in [-0.1, -0.05) is 12.1 Å². The highest BCUT2D eigenvalue weighted by atomic mass is 16.3. The van der Waals surface area contributed by atoms with E-state index in [1.807, 2.05) is 32.0 Å². The van der Waals surface area contributed by atoms with Crippen molar-refractivity contribution in [3.63, 3.8) is 0 Å². The molecule has 0 saturated heterocycles. The van der Waals surface area contributed by atoms with Crippen molar-refractivity contribution in [3.05, 3.63) is 46.8 Å². The average molecular weight is 286 g/mol. The number of aromatic nitrogens is 2. The van der Waals surface area contributed by atoms with E-state index in [0.717, 1.165) is 22.6 Å². The van der Waals surface area contributed by atoms with Crippen molar-refractivity contribution in [1.82, 2.24) is 15.1 Å². The molecule has 2 heterocycles. The molecular weight excluding hydrogens is 268 g/mol. The van der Waals surface area contributed by atoms with Crippen LogP contribution in [0.25, 0.3) is 0 Å². The maximum Gasteiger partial charge on any atom is 0.255 e. The number of hydrogen-bond donors (Lipinski definition) is 3. The summed E-state index contributed by atoms with van der Waals surface area (Å²) in [6.45, 7) is 4.34. The van der Waals surface area contributed by atoms with Gasteiger partial charge in [-0.25, -0.2) is 0 Å². The first-order valence-electron chi connectivity index (χ1n) is 6.93. The largest absolute Gasteiger partial charge is 0.394 e. The molecule has 1 unspecified atom stereocenters. The van der Waals surface area contributed by atoms with Crippen molar-refractivity contribution in [2.75, 3.05) is 11.9 Å². The molecule has 2 aromatic rings. The lowest BCUT2D eigenvalue weighted by atomic mass is 10.0. The number of nitrogens with zero attached hydrogens (tertiary/aromatic N) is 2. The van der Waals surface area contributed by atoms with Gasteiger partial charge < -0.3 is 15.7 Å². The Morgan fingerprint density at radius 2 is 2.05 bits per heavy atom. The molecule has 6 heteroatoms. The van der Waals surface area contributed by atoms with Gasteiger partial charge in [-0.3, -0.25) is 9.48 Å². The molecule has 0 spiro atoms. The van der Waals surface area contributed by atoms with Crippen LogP contribution < -0.4 is 10.6 Å². The summed E-state index contributed by atoms with van der Waals surface area (Å²) in [6.07, 6.45) is -0.306. The first-order chi connectivity index (χ1) is 10.1. The molecule has 1 amide bonds. The second-order valence-corrected chi connectivity index (χ2v) is 5.13. The molecule has 1 aliphatic heterocycles. The Hall–Kier alpha value is -2.34. The lowest BCUT2D eigenvalue weighted by Crippen LogP contribution is -2.39. The zero-order valence-corrected chi connectivity index (χ0v) is 12.1. The second kappa shape index (κ2) is 5.21. The molecule has 1 atom stereocenters. The third kappa shape index (κ3) is 2.27. The van der Waals surface area contributed by atoms with Crippen LogP contribution in [0.15, 0.2) is 24.3 Å².